The van der Waals surface area contributed by atoms with Crippen LogP contribution < -0.4 is 40.2 Å². The molecule has 9 heterocycles. The zero-order chi connectivity index (χ0) is 80.6. The molecule has 40 heteroatoms. The van der Waals surface area contributed by atoms with Crippen LogP contribution in [0, 0.1) is 72.1 Å². The summed E-state index contributed by atoms with van der Waals surface area (Å²) in [6.07, 6.45) is 18.1. The maximum Gasteiger partial charge on any atom is 0.279 e. The number of thiazole rings is 8. The number of morpholine rings is 1. The molecule has 0 spiro atoms. The number of sulfonamides is 1. The first kappa shape index (κ1) is 88.7. The summed E-state index contributed by atoms with van der Waals surface area (Å²) >= 11 is 13.1. The third kappa shape index (κ3) is 26.2. The van der Waals surface area contributed by atoms with E-state index in [2.05, 4.69) is 102 Å². The number of aromatic nitrogens is 8. The van der Waals surface area contributed by atoms with E-state index < -0.39 is 40.7 Å². The van der Waals surface area contributed by atoms with Crippen molar-refractivity contribution in [1.29, 1.82) is 0 Å². The minimum atomic E-state index is -3.44. The Morgan fingerprint density at radius 2 is 0.814 bits per heavy atom. The number of hydrogen-bond acceptors (Lipinski definition) is 29. The molecular weight excluding hydrogens is 1670 g/mol. The van der Waals surface area contributed by atoms with Crippen molar-refractivity contribution in [3.05, 3.63) is 92.6 Å². The van der Waals surface area contributed by atoms with Crippen LogP contribution in [-0.4, -0.2) is 191 Å². The molecule has 113 heavy (non-hydrogen) atoms. The molecule has 620 valence electrons. The molecule has 28 nitrogen and oxygen atoms in total. The Morgan fingerprint density at radius 3 is 1.19 bits per heavy atom. The second kappa shape index (κ2) is 41.1. The molecule has 5 fully saturated rings. The van der Waals surface area contributed by atoms with Gasteiger partial charge in [-0.3, -0.25) is 0 Å². The zero-order valence-electron chi connectivity index (χ0n) is 65.9. The number of anilines is 4. The number of nitrogens with zero attached hydrogens (tertiary/aromatic N) is 11. The molecule has 1 aliphatic heterocycles. The summed E-state index contributed by atoms with van der Waals surface area (Å²) in [7, 11) is -7.36. The number of benzene rings is 1. The standard InChI is InChI=1S/C22H28N4O2S3.C19H29N5O3S3.C17H27N5O2S3.C15H23N5O2S3/c1-14-4-10-19(11-5-14)31(27,28)23-12-17-6-8-18(9-7-17)25-22-26-20(13-29-22)21-15(2)30-16(3)24-21;1-13-18(21-14(2)29-13)17-12-28-19(23-17)22-16-5-3-4-15(10-16)11-20-30(25,26)24-6-8-27-9-7-24;1-11-16(19-12(2)26-11)15-10-25-17(21-15)20-14-7-5-13(6-8-14)9-18-27(23,24)22(3)4;1-20(2)25(21,22)17-9-11-3-5-12(6-4-11)18-15-19-13(10-24-15)14-16-7-8-23-14/h4-5,10-11,13,17-18,23H,6-9,12H2,1-3H3,(H,25,26);12,15-16,20H,3-11H2,1-2H3,(H,22,23);10,13-14,18H,5-9H2,1-4H3,(H,20,21);7-8,10-12,17H,3-6,9H2,1-2H3,(H,18,19). The fourth-order valence-corrected chi connectivity index (χ4v) is 24.1. The highest BCUT2D eigenvalue weighted by atomic mass is 32.2. The molecule has 5 aliphatic rings. The van der Waals surface area contributed by atoms with Crippen LogP contribution in [-0.2, 0) is 45.4 Å². The van der Waals surface area contributed by atoms with Crippen molar-refractivity contribution in [2.45, 2.75) is 180 Å². The minimum absolute atomic E-state index is 0.314. The van der Waals surface area contributed by atoms with Gasteiger partial charge in [0.2, 0.25) is 10.0 Å². The molecule has 8 N–H and O–H groups in total. The smallest absolute Gasteiger partial charge is 0.279 e. The Morgan fingerprint density at radius 1 is 0.434 bits per heavy atom. The molecule has 2 unspecified atom stereocenters. The van der Waals surface area contributed by atoms with E-state index in [0.717, 1.165) is 189 Å². The van der Waals surface area contributed by atoms with Crippen molar-refractivity contribution in [3.8, 4) is 44.9 Å². The van der Waals surface area contributed by atoms with Gasteiger partial charge in [0.25, 0.3) is 30.6 Å². The molecule has 0 bridgehead atoms. The van der Waals surface area contributed by atoms with Gasteiger partial charge in [0.15, 0.2) is 20.5 Å². The van der Waals surface area contributed by atoms with Gasteiger partial charge in [-0.2, -0.15) is 38.2 Å². The molecule has 0 amide bonds. The molecule has 1 aromatic carbocycles. The topological polar surface area (TPSA) is 355 Å². The predicted molar refractivity (Wildman–Crippen MR) is 466 cm³/mol. The predicted octanol–water partition coefficient (Wildman–Crippen LogP) is 14.0. The van der Waals surface area contributed by atoms with E-state index in [4.69, 9.17) is 19.7 Å². The van der Waals surface area contributed by atoms with Gasteiger partial charge in [0.05, 0.1) is 33.1 Å². The molecule has 4 saturated carbocycles. The molecular formula is C73H107N19O9S12. The molecule has 0 radical (unpaired) electrons. The molecule has 4 aliphatic carbocycles. The summed E-state index contributed by atoms with van der Waals surface area (Å²) in [5.74, 6) is 1.49. The second-order valence-corrected chi connectivity index (χ2v) is 45.7. The number of hydrogen-bond donors (Lipinski definition) is 8. The molecule has 8 aromatic heterocycles. The first-order valence-electron chi connectivity index (χ1n) is 38.2. The Balaban J connectivity index is 0.000000149. The van der Waals surface area contributed by atoms with Crippen LogP contribution in [0.1, 0.15) is 138 Å². The maximum absolute atomic E-state index is 12.5. The lowest BCUT2D eigenvalue weighted by Crippen LogP contribution is -2.48. The Hall–Kier alpha value is -5.06. The summed E-state index contributed by atoms with van der Waals surface area (Å²) in [4.78, 5) is 40.8. The van der Waals surface area contributed by atoms with Gasteiger partial charge in [-0.15, -0.1) is 90.7 Å². The van der Waals surface area contributed by atoms with Gasteiger partial charge in [-0.25, -0.2) is 67.2 Å². The quantitative estimate of drug-likeness (QED) is 0.0226. The van der Waals surface area contributed by atoms with E-state index in [-0.39, 0.29) is 0 Å². The highest BCUT2D eigenvalue weighted by Gasteiger charge is 2.31. The van der Waals surface area contributed by atoms with Crippen molar-refractivity contribution < 1.29 is 38.4 Å². The highest BCUT2D eigenvalue weighted by molar-refractivity contribution is 7.89. The van der Waals surface area contributed by atoms with E-state index in [9.17, 15) is 33.7 Å². The van der Waals surface area contributed by atoms with Crippen LogP contribution in [0.15, 0.2) is 62.3 Å². The highest BCUT2D eigenvalue weighted by Crippen LogP contribution is 2.38. The van der Waals surface area contributed by atoms with E-state index >= 15 is 0 Å². The first-order chi connectivity index (χ1) is 53.9. The summed E-state index contributed by atoms with van der Waals surface area (Å²) < 4.78 is 117. The van der Waals surface area contributed by atoms with Gasteiger partial charge in [0, 0.05) is 139 Å². The van der Waals surface area contributed by atoms with Crippen molar-refractivity contribution in [3.63, 3.8) is 0 Å². The Kier molecular flexibility index (Phi) is 32.3. The van der Waals surface area contributed by atoms with Gasteiger partial charge in [-0.1, -0.05) is 24.1 Å². The normalized spacial score (nSPS) is 21.4. The monoisotopic (exact) mass is 1780 g/mol. The Labute approximate surface area is 699 Å². The number of rotatable bonds is 28. The molecule has 2 atom stereocenters. The third-order valence-electron chi connectivity index (χ3n) is 20.6. The van der Waals surface area contributed by atoms with Crippen molar-refractivity contribution in [1.82, 2.24) is 71.7 Å². The lowest BCUT2D eigenvalue weighted by molar-refractivity contribution is 0.0724. The van der Waals surface area contributed by atoms with Crippen LogP contribution in [0.25, 0.3) is 44.9 Å². The number of aryl methyl sites for hydroxylation is 7. The van der Waals surface area contributed by atoms with E-state index in [1.54, 1.807) is 123 Å². The van der Waals surface area contributed by atoms with Crippen LogP contribution in [0.2, 0.25) is 0 Å². The van der Waals surface area contributed by atoms with Gasteiger partial charge in [-0.05, 0) is 181 Å². The van der Waals surface area contributed by atoms with Crippen molar-refractivity contribution in [2.24, 2.45) is 23.7 Å². The second-order valence-electron chi connectivity index (χ2n) is 29.7. The van der Waals surface area contributed by atoms with Crippen LogP contribution in [0.4, 0.5) is 20.5 Å². The minimum Gasteiger partial charge on any atom is -0.379 e. The summed E-state index contributed by atoms with van der Waals surface area (Å²) in [5.41, 5.74) is 7.72. The summed E-state index contributed by atoms with van der Waals surface area (Å²) in [6, 6.07) is 8.46. The Bertz CT molecular complexity index is 4930. The van der Waals surface area contributed by atoms with Crippen LogP contribution in [0.3, 0.4) is 0 Å². The third-order valence-corrected chi connectivity index (χ3v) is 33.1. The number of ether oxygens (including phenoxy) is 1. The van der Waals surface area contributed by atoms with E-state index in [0.29, 0.717) is 105 Å². The molecule has 14 rings (SSSR count). The van der Waals surface area contributed by atoms with Gasteiger partial charge >= 0.3 is 0 Å². The van der Waals surface area contributed by atoms with Crippen LogP contribution >= 0.6 is 90.7 Å². The maximum atomic E-state index is 12.5. The largest absolute Gasteiger partial charge is 0.379 e. The van der Waals surface area contributed by atoms with E-state index in [1.807, 2.05) is 50.6 Å². The van der Waals surface area contributed by atoms with Gasteiger partial charge < -0.3 is 26.0 Å². The zero-order valence-corrected chi connectivity index (χ0v) is 75.7. The fourth-order valence-electron chi connectivity index (χ4n) is 14.1. The van der Waals surface area contributed by atoms with E-state index in [1.165, 1.54) is 41.6 Å². The first-order valence-corrected chi connectivity index (χ1v) is 50.9. The SMILES string of the molecule is CN(C)S(=O)(=O)NCC1CCC(Nc2nc(-c3nccs3)cs2)CC1.Cc1ccc(S(=O)(=O)NCC2CCC(Nc3nc(-c4nc(C)sc4C)cs3)CC2)cc1.Cc1nc(-c2csc(NC3CCC(CNS(=O)(=O)N(C)C)CC3)n2)c(C)s1.Cc1nc(-c2csc(NC3CCCC(CNS(=O)(=O)N4CCOCC4)C3)n2)c(C)s1. The lowest BCUT2D eigenvalue weighted by atomic mass is 9.86. The van der Waals surface area contributed by atoms with Crippen molar-refractivity contribution in [2.75, 3.05) is 102 Å². The molecule has 9 aromatic rings. The van der Waals surface area contributed by atoms with Crippen molar-refractivity contribution >= 4 is 152 Å². The average Bonchev–Trinajstić information content (AvgIpc) is 1.80. The average molecular weight is 1780 g/mol. The van der Waals surface area contributed by atoms with Gasteiger partial charge in [0.1, 0.15) is 44.9 Å². The summed E-state index contributed by atoms with van der Waals surface area (Å²) in [5, 5.41) is 32.2. The van der Waals surface area contributed by atoms with Crippen LogP contribution in [0.5, 0.6) is 0 Å². The fraction of sp³-hybridized carbons (Fsp3) is 0.589. The summed E-state index contributed by atoms with van der Waals surface area (Å²) in [6.45, 7) is 18.0. The lowest BCUT2D eigenvalue weighted by Gasteiger charge is -2.31. The molecule has 1 saturated heterocycles. The number of nitrogens with one attached hydrogen (secondary N) is 8.